The van der Waals surface area contributed by atoms with E-state index in [1.807, 2.05) is 0 Å². The SMILES string of the molecule is COc1cc(Br)c(CO[C@H]2CCCCO2)c(F)c1F. The second-order valence-electron chi connectivity index (χ2n) is 4.27. The minimum absolute atomic E-state index is 0.0437. The molecule has 6 heteroatoms. The lowest BCUT2D eigenvalue weighted by Gasteiger charge is -2.23. The summed E-state index contributed by atoms with van der Waals surface area (Å²) >= 11 is 3.19. The van der Waals surface area contributed by atoms with Gasteiger partial charge >= 0.3 is 0 Å². The van der Waals surface area contributed by atoms with Crippen LogP contribution in [0.25, 0.3) is 0 Å². The number of methoxy groups -OCH3 is 1. The van der Waals surface area contributed by atoms with E-state index in [4.69, 9.17) is 14.2 Å². The minimum Gasteiger partial charge on any atom is -0.494 e. The lowest BCUT2D eigenvalue weighted by Crippen LogP contribution is -2.22. The zero-order valence-electron chi connectivity index (χ0n) is 10.5. The summed E-state index contributed by atoms with van der Waals surface area (Å²) in [6, 6.07) is 1.39. The van der Waals surface area contributed by atoms with Crippen molar-refractivity contribution in [3.05, 3.63) is 27.7 Å². The Morgan fingerprint density at radius 1 is 1.37 bits per heavy atom. The van der Waals surface area contributed by atoms with Gasteiger partial charge in [-0.05, 0) is 25.3 Å². The number of rotatable bonds is 4. The van der Waals surface area contributed by atoms with Crippen LogP contribution in [0.3, 0.4) is 0 Å². The maximum atomic E-state index is 13.9. The summed E-state index contributed by atoms with van der Waals surface area (Å²) in [6.45, 7) is 0.600. The number of halogens is 3. The summed E-state index contributed by atoms with van der Waals surface area (Å²) in [6.07, 6.45) is 2.46. The predicted octanol–water partition coefficient (Wildman–Crippen LogP) is 3.78. The van der Waals surface area contributed by atoms with Crippen molar-refractivity contribution in [1.82, 2.24) is 0 Å². The molecule has 0 saturated carbocycles. The fourth-order valence-corrected chi connectivity index (χ4v) is 2.41. The van der Waals surface area contributed by atoms with Crippen molar-refractivity contribution >= 4 is 15.9 Å². The first-order valence-electron chi connectivity index (χ1n) is 6.07. The van der Waals surface area contributed by atoms with Crippen LogP contribution in [-0.2, 0) is 16.1 Å². The molecule has 1 saturated heterocycles. The maximum Gasteiger partial charge on any atom is 0.201 e. The van der Waals surface area contributed by atoms with Crippen LogP contribution in [0.5, 0.6) is 5.75 Å². The highest BCUT2D eigenvalue weighted by Gasteiger charge is 2.20. The van der Waals surface area contributed by atoms with Gasteiger partial charge in [0, 0.05) is 16.6 Å². The van der Waals surface area contributed by atoms with Crippen molar-refractivity contribution in [2.75, 3.05) is 13.7 Å². The number of hydrogen-bond donors (Lipinski definition) is 0. The number of hydrogen-bond acceptors (Lipinski definition) is 3. The van der Waals surface area contributed by atoms with Crippen molar-refractivity contribution < 1.29 is 23.0 Å². The van der Waals surface area contributed by atoms with E-state index in [1.54, 1.807) is 0 Å². The number of ether oxygens (including phenoxy) is 3. The molecule has 0 spiro atoms. The maximum absolute atomic E-state index is 13.9. The molecular weight excluding hydrogens is 322 g/mol. The largest absolute Gasteiger partial charge is 0.494 e. The van der Waals surface area contributed by atoms with Gasteiger partial charge in [0.15, 0.2) is 17.9 Å². The molecule has 0 N–H and O–H groups in total. The van der Waals surface area contributed by atoms with Crippen LogP contribution in [0, 0.1) is 11.6 Å². The summed E-state index contributed by atoms with van der Waals surface area (Å²) in [5.74, 6) is -2.10. The van der Waals surface area contributed by atoms with Crippen LogP contribution in [0.15, 0.2) is 10.5 Å². The molecule has 0 bridgehead atoms. The first-order chi connectivity index (χ1) is 9.13. The van der Waals surface area contributed by atoms with Gasteiger partial charge in [-0.1, -0.05) is 15.9 Å². The van der Waals surface area contributed by atoms with E-state index in [0.717, 1.165) is 19.3 Å². The molecule has 1 aliphatic rings. The van der Waals surface area contributed by atoms with Gasteiger partial charge in [-0.15, -0.1) is 0 Å². The first kappa shape index (κ1) is 14.7. The van der Waals surface area contributed by atoms with Gasteiger partial charge in [0.05, 0.1) is 13.7 Å². The molecule has 19 heavy (non-hydrogen) atoms. The Labute approximate surface area is 119 Å². The van der Waals surface area contributed by atoms with Crippen molar-refractivity contribution in [2.24, 2.45) is 0 Å². The second kappa shape index (κ2) is 6.63. The topological polar surface area (TPSA) is 27.7 Å². The monoisotopic (exact) mass is 336 g/mol. The molecule has 1 atom stereocenters. The van der Waals surface area contributed by atoms with Crippen LogP contribution in [0.1, 0.15) is 24.8 Å². The zero-order chi connectivity index (χ0) is 13.8. The lowest BCUT2D eigenvalue weighted by molar-refractivity contribution is -0.169. The molecule has 0 radical (unpaired) electrons. The Balaban J connectivity index is 2.09. The van der Waals surface area contributed by atoms with E-state index in [2.05, 4.69) is 15.9 Å². The third-order valence-electron chi connectivity index (χ3n) is 2.99. The fraction of sp³-hybridized carbons (Fsp3) is 0.538. The van der Waals surface area contributed by atoms with E-state index in [-0.39, 0.29) is 24.2 Å². The highest BCUT2D eigenvalue weighted by Crippen LogP contribution is 2.31. The Morgan fingerprint density at radius 3 is 2.79 bits per heavy atom. The minimum atomic E-state index is -1.01. The van der Waals surface area contributed by atoms with E-state index in [1.165, 1.54) is 13.2 Å². The van der Waals surface area contributed by atoms with E-state index < -0.39 is 11.6 Å². The predicted molar refractivity (Wildman–Crippen MR) is 69.0 cm³/mol. The van der Waals surface area contributed by atoms with Crippen LogP contribution in [-0.4, -0.2) is 20.0 Å². The van der Waals surface area contributed by atoms with Crippen LogP contribution < -0.4 is 4.74 Å². The molecule has 1 aliphatic heterocycles. The molecule has 0 aromatic heterocycles. The van der Waals surface area contributed by atoms with Gasteiger partial charge in [0.2, 0.25) is 5.82 Å². The second-order valence-corrected chi connectivity index (χ2v) is 5.13. The van der Waals surface area contributed by atoms with Crippen molar-refractivity contribution in [3.63, 3.8) is 0 Å². The quantitative estimate of drug-likeness (QED) is 0.783. The van der Waals surface area contributed by atoms with Crippen molar-refractivity contribution in [1.29, 1.82) is 0 Å². The lowest BCUT2D eigenvalue weighted by atomic mass is 10.2. The molecule has 3 nitrogen and oxygen atoms in total. The van der Waals surface area contributed by atoms with Gasteiger partial charge in [-0.3, -0.25) is 0 Å². The third kappa shape index (κ3) is 3.43. The van der Waals surface area contributed by atoms with E-state index in [0.29, 0.717) is 11.1 Å². The Bertz CT molecular complexity index is 448. The molecule has 0 unspecified atom stereocenters. The normalized spacial score (nSPS) is 19.5. The Hall–Kier alpha value is -0.720. The molecule has 0 amide bonds. The standard InChI is InChI=1S/C13H15BrF2O3/c1-17-10-6-9(14)8(12(15)13(10)16)7-19-11-4-2-3-5-18-11/h6,11H,2-5,7H2,1H3/t11-/m0/s1. The highest BCUT2D eigenvalue weighted by molar-refractivity contribution is 9.10. The molecule has 0 aliphatic carbocycles. The summed E-state index contributed by atoms with van der Waals surface area (Å²) in [7, 11) is 1.29. The Kier molecular flexibility index (Phi) is 5.13. The molecule has 2 rings (SSSR count). The average molecular weight is 337 g/mol. The van der Waals surface area contributed by atoms with Crippen LogP contribution in [0.2, 0.25) is 0 Å². The number of benzene rings is 1. The summed E-state index contributed by atoms with van der Waals surface area (Å²) in [5, 5.41) is 0. The van der Waals surface area contributed by atoms with Gasteiger partial charge in [-0.2, -0.15) is 4.39 Å². The molecule has 1 heterocycles. The smallest absolute Gasteiger partial charge is 0.201 e. The van der Waals surface area contributed by atoms with Gasteiger partial charge < -0.3 is 14.2 Å². The van der Waals surface area contributed by atoms with E-state index in [9.17, 15) is 8.78 Å². The van der Waals surface area contributed by atoms with E-state index >= 15 is 0 Å². The molecule has 1 aromatic rings. The molecular formula is C13H15BrF2O3. The van der Waals surface area contributed by atoms with Crippen LogP contribution >= 0.6 is 15.9 Å². The fourth-order valence-electron chi connectivity index (χ4n) is 1.91. The molecule has 1 fully saturated rings. The summed E-state index contributed by atoms with van der Waals surface area (Å²) in [5.41, 5.74) is 0.132. The van der Waals surface area contributed by atoms with Crippen molar-refractivity contribution in [3.8, 4) is 5.75 Å². The zero-order valence-corrected chi connectivity index (χ0v) is 12.1. The Morgan fingerprint density at radius 2 is 2.16 bits per heavy atom. The summed E-state index contributed by atoms with van der Waals surface area (Å²) in [4.78, 5) is 0. The third-order valence-corrected chi connectivity index (χ3v) is 3.70. The van der Waals surface area contributed by atoms with Gasteiger partial charge in [-0.25, -0.2) is 4.39 Å². The van der Waals surface area contributed by atoms with Crippen molar-refractivity contribution in [2.45, 2.75) is 32.2 Å². The highest BCUT2D eigenvalue weighted by atomic mass is 79.9. The molecule has 1 aromatic carbocycles. The van der Waals surface area contributed by atoms with Crippen LogP contribution in [0.4, 0.5) is 8.78 Å². The van der Waals surface area contributed by atoms with Gasteiger partial charge in [0.25, 0.3) is 0 Å². The summed E-state index contributed by atoms with van der Waals surface area (Å²) < 4.78 is 43.5. The van der Waals surface area contributed by atoms with Gasteiger partial charge in [0.1, 0.15) is 0 Å². The average Bonchev–Trinajstić information content (AvgIpc) is 2.44. The first-order valence-corrected chi connectivity index (χ1v) is 6.86. The molecule has 106 valence electrons.